The van der Waals surface area contributed by atoms with Gasteiger partial charge in [-0.2, -0.15) is 0 Å². The lowest BCUT2D eigenvalue weighted by Crippen LogP contribution is -2.38. The van der Waals surface area contributed by atoms with Gasteiger partial charge in [-0.3, -0.25) is 4.79 Å². The zero-order chi connectivity index (χ0) is 18.8. The van der Waals surface area contributed by atoms with Crippen LogP contribution in [0.3, 0.4) is 0 Å². The van der Waals surface area contributed by atoms with Gasteiger partial charge < -0.3 is 9.74 Å². The molecule has 1 aliphatic carbocycles. The fourth-order valence-corrected chi connectivity index (χ4v) is 3.72. The number of hydrogen-bond acceptors (Lipinski definition) is 3. The summed E-state index contributed by atoms with van der Waals surface area (Å²) in [5.74, 6) is 0.380. The summed E-state index contributed by atoms with van der Waals surface area (Å²) in [6.07, 6.45) is 2.58. The predicted molar refractivity (Wildman–Crippen MR) is 107 cm³/mol. The van der Waals surface area contributed by atoms with E-state index in [1.165, 1.54) is 5.56 Å². The van der Waals surface area contributed by atoms with E-state index in [-0.39, 0.29) is 17.9 Å². The lowest BCUT2D eigenvalue weighted by atomic mass is 10.00. The molecule has 0 saturated heterocycles. The van der Waals surface area contributed by atoms with E-state index in [9.17, 15) is 4.79 Å². The van der Waals surface area contributed by atoms with Gasteiger partial charge in [0.2, 0.25) is 5.91 Å². The van der Waals surface area contributed by atoms with Crippen molar-refractivity contribution in [3.8, 4) is 0 Å². The number of carbonyl (C=O) groups excluding carboxylic acids is 1. The number of halogens is 1. The van der Waals surface area contributed by atoms with E-state index in [0.717, 1.165) is 36.1 Å². The molecular weight excluding hydrogens is 360 g/mol. The highest BCUT2D eigenvalue weighted by Crippen LogP contribution is 2.32. The molecule has 2 aromatic rings. The molecule has 1 amide bonds. The van der Waals surface area contributed by atoms with E-state index in [2.05, 4.69) is 24.2 Å². The Kier molecular flexibility index (Phi) is 5.17. The SMILES string of the molecule is Cc1ccccc1C1=NO[C@H](CN(Cc2cccc(Cl)c2)C(=O)C2CC2)C1. The standard InChI is InChI=1S/C22H23ClN2O2/c1-15-5-2-3-8-20(15)21-12-19(27-24-21)14-25(22(26)17-9-10-17)13-16-6-4-7-18(23)11-16/h2-8,11,17,19H,9-10,12-14H2,1H3/t19-/m0/s1. The van der Waals surface area contributed by atoms with Crippen molar-refractivity contribution < 1.29 is 9.63 Å². The van der Waals surface area contributed by atoms with Crippen molar-refractivity contribution >= 4 is 23.2 Å². The summed E-state index contributed by atoms with van der Waals surface area (Å²) in [5, 5.41) is 4.99. The summed E-state index contributed by atoms with van der Waals surface area (Å²) in [5.41, 5.74) is 4.30. The van der Waals surface area contributed by atoms with E-state index < -0.39 is 0 Å². The minimum atomic E-state index is -0.110. The summed E-state index contributed by atoms with van der Waals surface area (Å²) in [7, 11) is 0. The number of benzene rings is 2. The van der Waals surface area contributed by atoms with Crippen LogP contribution in [0.4, 0.5) is 0 Å². The second-order valence-corrected chi connectivity index (χ2v) is 7.84. The van der Waals surface area contributed by atoms with Crippen molar-refractivity contribution in [2.24, 2.45) is 11.1 Å². The van der Waals surface area contributed by atoms with Crippen LogP contribution >= 0.6 is 11.6 Å². The van der Waals surface area contributed by atoms with Crippen LogP contribution in [0.15, 0.2) is 53.7 Å². The maximum Gasteiger partial charge on any atom is 0.226 e. The molecule has 2 aromatic carbocycles. The maximum atomic E-state index is 12.8. The minimum absolute atomic E-state index is 0.110. The quantitative estimate of drug-likeness (QED) is 0.733. The number of aryl methyl sites for hydroxylation is 1. The molecule has 0 N–H and O–H groups in total. The third-order valence-corrected chi connectivity index (χ3v) is 5.35. The van der Waals surface area contributed by atoms with Crippen LogP contribution in [0.25, 0.3) is 0 Å². The Morgan fingerprint density at radius 1 is 1.22 bits per heavy atom. The van der Waals surface area contributed by atoms with Crippen molar-refractivity contribution in [1.82, 2.24) is 4.90 Å². The summed E-state index contributed by atoms with van der Waals surface area (Å²) < 4.78 is 0. The van der Waals surface area contributed by atoms with Crippen molar-refractivity contribution in [2.45, 2.75) is 38.8 Å². The van der Waals surface area contributed by atoms with Crippen molar-refractivity contribution in [3.63, 3.8) is 0 Å². The smallest absolute Gasteiger partial charge is 0.226 e. The van der Waals surface area contributed by atoms with Gasteiger partial charge in [-0.15, -0.1) is 0 Å². The molecular formula is C22H23ClN2O2. The number of oxime groups is 1. The van der Waals surface area contributed by atoms with Crippen molar-refractivity contribution in [2.75, 3.05) is 6.54 Å². The molecule has 1 aliphatic heterocycles. The molecule has 2 aliphatic rings. The van der Waals surface area contributed by atoms with E-state index >= 15 is 0 Å². The number of amides is 1. The number of rotatable bonds is 6. The average Bonchev–Trinajstić information content (AvgIpc) is 3.40. The zero-order valence-electron chi connectivity index (χ0n) is 15.4. The number of nitrogens with zero attached hydrogens (tertiary/aromatic N) is 2. The van der Waals surface area contributed by atoms with Gasteiger partial charge in [-0.05, 0) is 43.0 Å². The largest absolute Gasteiger partial charge is 0.390 e. The van der Waals surface area contributed by atoms with Crippen LogP contribution in [-0.4, -0.2) is 29.2 Å². The molecule has 0 aromatic heterocycles. The minimum Gasteiger partial charge on any atom is -0.390 e. The molecule has 1 heterocycles. The Hall–Kier alpha value is -2.33. The van der Waals surface area contributed by atoms with E-state index in [4.69, 9.17) is 16.4 Å². The maximum absolute atomic E-state index is 12.8. The van der Waals surface area contributed by atoms with Crippen LogP contribution < -0.4 is 0 Å². The Bertz CT molecular complexity index is 876. The lowest BCUT2D eigenvalue weighted by molar-refractivity contribution is -0.135. The summed E-state index contributed by atoms with van der Waals surface area (Å²) >= 11 is 6.11. The van der Waals surface area contributed by atoms with Gasteiger partial charge in [0.25, 0.3) is 0 Å². The van der Waals surface area contributed by atoms with Crippen molar-refractivity contribution in [1.29, 1.82) is 0 Å². The second kappa shape index (κ2) is 7.73. The summed E-state index contributed by atoms with van der Waals surface area (Å²) in [6.45, 7) is 3.17. The number of hydrogen-bond donors (Lipinski definition) is 0. The van der Waals surface area contributed by atoms with Gasteiger partial charge in [0.1, 0.15) is 0 Å². The Morgan fingerprint density at radius 3 is 2.78 bits per heavy atom. The van der Waals surface area contributed by atoms with Crippen LogP contribution in [0.2, 0.25) is 5.02 Å². The summed E-state index contributed by atoms with van der Waals surface area (Å²) in [6, 6.07) is 15.9. The third-order valence-electron chi connectivity index (χ3n) is 5.11. The van der Waals surface area contributed by atoms with Crippen LogP contribution in [0.5, 0.6) is 0 Å². The molecule has 140 valence electrons. The fourth-order valence-electron chi connectivity index (χ4n) is 3.50. The molecule has 0 unspecified atom stereocenters. The highest BCUT2D eigenvalue weighted by atomic mass is 35.5. The predicted octanol–water partition coefficient (Wildman–Crippen LogP) is 4.58. The van der Waals surface area contributed by atoms with Gasteiger partial charge in [-0.1, -0.05) is 53.2 Å². The van der Waals surface area contributed by atoms with Crippen molar-refractivity contribution in [3.05, 3.63) is 70.2 Å². The molecule has 1 fully saturated rings. The first-order valence-corrected chi connectivity index (χ1v) is 9.80. The topological polar surface area (TPSA) is 41.9 Å². The van der Waals surface area contributed by atoms with Gasteiger partial charge >= 0.3 is 0 Å². The van der Waals surface area contributed by atoms with E-state index in [1.54, 1.807) is 0 Å². The molecule has 1 saturated carbocycles. The molecule has 27 heavy (non-hydrogen) atoms. The Morgan fingerprint density at radius 2 is 2.04 bits per heavy atom. The first-order chi connectivity index (χ1) is 13.1. The molecule has 0 radical (unpaired) electrons. The first kappa shape index (κ1) is 18.1. The normalized spacial score (nSPS) is 18.7. The Labute approximate surface area is 164 Å². The highest BCUT2D eigenvalue weighted by Gasteiger charge is 2.35. The fraction of sp³-hybridized carbons (Fsp3) is 0.364. The molecule has 5 heteroatoms. The first-order valence-electron chi connectivity index (χ1n) is 9.42. The van der Waals surface area contributed by atoms with Gasteiger partial charge in [-0.25, -0.2) is 0 Å². The average molecular weight is 383 g/mol. The lowest BCUT2D eigenvalue weighted by Gasteiger charge is -2.25. The second-order valence-electron chi connectivity index (χ2n) is 7.41. The summed E-state index contributed by atoms with van der Waals surface area (Å²) in [4.78, 5) is 20.4. The Balaban J connectivity index is 1.44. The van der Waals surface area contributed by atoms with Crippen LogP contribution in [0.1, 0.15) is 36.0 Å². The highest BCUT2D eigenvalue weighted by molar-refractivity contribution is 6.30. The van der Waals surface area contributed by atoms with Gasteiger partial charge in [0, 0.05) is 29.5 Å². The van der Waals surface area contributed by atoms with Gasteiger partial charge in [0.15, 0.2) is 6.10 Å². The monoisotopic (exact) mass is 382 g/mol. The molecule has 0 spiro atoms. The molecule has 1 atom stereocenters. The number of carbonyl (C=O) groups is 1. The van der Waals surface area contributed by atoms with E-state index in [1.807, 2.05) is 41.3 Å². The molecule has 4 nitrogen and oxygen atoms in total. The molecule has 0 bridgehead atoms. The zero-order valence-corrected chi connectivity index (χ0v) is 16.2. The van der Waals surface area contributed by atoms with Crippen LogP contribution in [-0.2, 0) is 16.2 Å². The van der Waals surface area contributed by atoms with Gasteiger partial charge in [0.05, 0.1) is 12.3 Å². The molecule has 4 rings (SSSR count). The third kappa shape index (κ3) is 4.33. The van der Waals surface area contributed by atoms with E-state index in [0.29, 0.717) is 18.1 Å². The van der Waals surface area contributed by atoms with Crippen LogP contribution in [0, 0.1) is 12.8 Å².